The first-order valence-electron chi connectivity index (χ1n) is 5.45. The van der Waals surface area contributed by atoms with Crippen molar-refractivity contribution in [2.24, 2.45) is 0 Å². The molecule has 0 bridgehead atoms. The predicted octanol–water partition coefficient (Wildman–Crippen LogP) is 2.18. The predicted molar refractivity (Wildman–Crippen MR) is 69.6 cm³/mol. The Morgan fingerprint density at radius 3 is 2.75 bits per heavy atom. The number of likely N-dealkylation sites (tertiary alicyclic amines) is 1. The summed E-state index contributed by atoms with van der Waals surface area (Å²) in [5.41, 5.74) is 1.27. The molecule has 0 spiro atoms. The van der Waals surface area contributed by atoms with E-state index < -0.39 is 0 Å². The van der Waals surface area contributed by atoms with E-state index in [0.29, 0.717) is 0 Å². The molecule has 1 saturated heterocycles. The van der Waals surface area contributed by atoms with Crippen molar-refractivity contribution in [1.29, 1.82) is 0 Å². The van der Waals surface area contributed by atoms with Gasteiger partial charge in [0, 0.05) is 13.1 Å². The lowest BCUT2D eigenvalue weighted by molar-refractivity contribution is 0.141. The third-order valence-corrected chi connectivity index (χ3v) is 3.85. The minimum Gasteiger partial charge on any atom is -0.390 e. The Morgan fingerprint density at radius 1 is 1.44 bits per heavy atom. The van der Waals surface area contributed by atoms with Crippen LogP contribution >= 0.6 is 15.9 Å². The van der Waals surface area contributed by atoms with Crippen molar-refractivity contribution < 1.29 is 5.11 Å². The average Bonchev–Trinajstić information content (AvgIpc) is 2.56. The SMILES string of the molecule is C=C[C@H]1[C@H](O)[C@@H](Br)CN1Cc1ccccc1. The summed E-state index contributed by atoms with van der Waals surface area (Å²) in [6.07, 6.45) is 1.47. The van der Waals surface area contributed by atoms with E-state index in [-0.39, 0.29) is 17.0 Å². The van der Waals surface area contributed by atoms with E-state index in [1.165, 1.54) is 5.56 Å². The van der Waals surface area contributed by atoms with E-state index in [1.54, 1.807) is 0 Å². The Hall–Kier alpha value is -0.640. The van der Waals surface area contributed by atoms with Crippen LogP contribution < -0.4 is 0 Å². The first-order chi connectivity index (χ1) is 7.72. The number of rotatable bonds is 3. The molecule has 2 nitrogen and oxygen atoms in total. The van der Waals surface area contributed by atoms with Crippen LogP contribution in [-0.2, 0) is 6.54 Å². The molecule has 0 saturated carbocycles. The zero-order valence-corrected chi connectivity index (χ0v) is 10.7. The van der Waals surface area contributed by atoms with Crippen LogP contribution in [0.15, 0.2) is 43.0 Å². The molecule has 1 aliphatic rings. The summed E-state index contributed by atoms with van der Waals surface area (Å²) in [7, 11) is 0. The van der Waals surface area contributed by atoms with Crippen molar-refractivity contribution in [3.63, 3.8) is 0 Å². The van der Waals surface area contributed by atoms with Crippen molar-refractivity contribution in [1.82, 2.24) is 4.90 Å². The summed E-state index contributed by atoms with van der Waals surface area (Å²) in [4.78, 5) is 2.38. The lowest BCUT2D eigenvalue weighted by Gasteiger charge is -2.22. The summed E-state index contributed by atoms with van der Waals surface area (Å²) in [5.74, 6) is 0. The Bertz CT molecular complexity index is 354. The Labute approximate surface area is 105 Å². The number of aliphatic hydroxyl groups is 1. The summed E-state index contributed by atoms with van der Waals surface area (Å²) in [6.45, 7) is 5.51. The number of benzene rings is 1. The van der Waals surface area contributed by atoms with Gasteiger partial charge in [-0.3, -0.25) is 4.90 Å². The third-order valence-electron chi connectivity index (χ3n) is 3.02. The summed E-state index contributed by atoms with van der Waals surface area (Å²) in [5, 5.41) is 9.95. The number of halogens is 1. The standard InChI is InChI=1S/C13H16BrNO/c1-2-12-13(16)11(14)9-15(12)8-10-6-4-3-5-7-10/h2-7,11-13,16H,1,8-9H2/t11-,12-,13+/m0/s1. The lowest BCUT2D eigenvalue weighted by atomic mass is 10.1. The zero-order chi connectivity index (χ0) is 11.5. The van der Waals surface area contributed by atoms with Crippen LogP contribution in [0, 0.1) is 0 Å². The topological polar surface area (TPSA) is 23.5 Å². The van der Waals surface area contributed by atoms with Crippen molar-refractivity contribution >= 4 is 15.9 Å². The minimum atomic E-state index is -0.360. The average molecular weight is 282 g/mol. The molecular formula is C13H16BrNO. The van der Waals surface area contributed by atoms with Gasteiger partial charge < -0.3 is 5.11 Å². The van der Waals surface area contributed by atoms with Gasteiger partial charge in [0.05, 0.1) is 17.0 Å². The van der Waals surface area contributed by atoms with Gasteiger partial charge in [0.25, 0.3) is 0 Å². The van der Waals surface area contributed by atoms with Gasteiger partial charge in [0.15, 0.2) is 0 Å². The van der Waals surface area contributed by atoms with Crippen LogP contribution in [0.25, 0.3) is 0 Å². The van der Waals surface area contributed by atoms with Crippen molar-refractivity contribution in [3.8, 4) is 0 Å². The van der Waals surface area contributed by atoms with Gasteiger partial charge in [-0.05, 0) is 5.56 Å². The van der Waals surface area contributed by atoms with Gasteiger partial charge >= 0.3 is 0 Å². The van der Waals surface area contributed by atoms with Crippen molar-refractivity contribution in [2.75, 3.05) is 6.54 Å². The van der Waals surface area contributed by atoms with Crippen LogP contribution in [0.4, 0.5) is 0 Å². The molecule has 1 aliphatic heterocycles. The maximum Gasteiger partial charge on any atom is 0.0868 e. The van der Waals surface area contributed by atoms with Crippen LogP contribution in [-0.4, -0.2) is 33.5 Å². The molecule has 3 atom stereocenters. The van der Waals surface area contributed by atoms with Gasteiger partial charge in [0.1, 0.15) is 0 Å². The first-order valence-corrected chi connectivity index (χ1v) is 6.36. The third kappa shape index (κ3) is 2.37. The van der Waals surface area contributed by atoms with Gasteiger partial charge in [-0.25, -0.2) is 0 Å². The highest BCUT2D eigenvalue weighted by molar-refractivity contribution is 9.09. The second-order valence-corrected chi connectivity index (χ2v) is 5.32. The Balaban J connectivity index is 2.08. The molecule has 0 aromatic heterocycles. The fourth-order valence-corrected chi connectivity index (χ4v) is 2.84. The highest BCUT2D eigenvalue weighted by Gasteiger charge is 2.37. The second-order valence-electron chi connectivity index (χ2n) is 4.15. The molecule has 0 unspecified atom stereocenters. The normalized spacial score (nSPS) is 30.5. The lowest BCUT2D eigenvalue weighted by Crippen LogP contribution is -2.33. The molecule has 1 fully saturated rings. The van der Waals surface area contributed by atoms with Crippen LogP contribution in [0.1, 0.15) is 5.56 Å². The van der Waals surface area contributed by atoms with Crippen molar-refractivity contribution in [3.05, 3.63) is 48.6 Å². The van der Waals surface area contributed by atoms with Crippen LogP contribution in [0.3, 0.4) is 0 Å². The molecule has 86 valence electrons. The molecule has 0 amide bonds. The van der Waals surface area contributed by atoms with E-state index in [0.717, 1.165) is 13.1 Å². The molecule has 1 N–H and O–H groups in total. The second kappa shape index (κ2) is 5.13. The largest absolute Gasteiger partial charge is 0.390 e. The molecule has 16 heavy (non-hydrogen) atoms. The first kappa shape index (κ1) is 11.8. The van der Waals surface area contributed by atoms with E-state index in [2.05, 4.69) is 39.5 Å². The molecule has 1 heterocycles. The number of hydrogen-bond acceptors (Lipinski definition) is 2. The molecular weight excluding hydrogens is 266 g/mol. The number of hydrogen-bond donors (Lipinski definition) is 1. The maximum atomic E-state index is 9.95. The van der Waals surface area contributed by atoms with Crippen molar-refractivity contribution in [2.45, 2.75) is 23.5 Å². The van der Waals surface area contributed by atoms with E-state index in [9.17, 15) is 5.11 Å². The molecule has 0 aliphatic carbocycles. The molecule has 0 radical (unpaired) electrons. The summed E-state index contributed by atoms with van der Waals surface area (Å²) < 4.78 is 0. The summed E-state index contributed by atoms with van der Waals surface area (Å²) >= 11 is 3.50. The minimum absolute atomic E-state index is 0.0459. The quantitative estimate of drug-likeness (QED) is 0.678. The van der Waals surface area contributed by atoms with Gasteiger partial charge in [0.2, 0.25) is 0 Å². The highest BCUT2D eigenvalue weighted by Crippen LogP contribution is 2.26. The number of nitrogens with zero attached hydrogens (tertiary/aromatic N) is 1. The van der Waals surface area contributed by atoms with Crippen LogP contribution in [0.5, 0.6) is 0 Å². The van der Waals surface area contributed by atoms with E-state index in [1.807, 2.05) is 24.3 Å². The smallest absolute Gasteiger partial charge is 0.0868 e. The van der Waals surface area contributed by atoms with E-state index >= 15 is 0 Å². The van der Waals surface area contributed by atoms with Gasteiger partial charge in [-0.2, -0.15) is 0 Å². The number of aliphatic hydroxyl groups excluding tert-OH is 1. The number of alkyl halides is 1. The maximum absolute atomic E-state index is 9.95. The van der Waals surface area contributed by atoms with E-state index in [4.69, 9.17) is 0 Å². The monoisotopic (exact) mass is 281 g/mol. The molecule has 1 aromatic rings. The fourth-order valence-electron chi connectivity index (χ4n) is 2.16. The van der Waals surface area contributed by atoms with Crippen LogP contribution in [0.2, 0.25) is 0 Å². The molecule has 3 heteroatoms. The Kier molecular flexibility index (Phi) is 3.79. The fraction of sp³-hybridized carbons (Fsp3) is 0.385. The zero-order valence-electron chi connectivity index (χ0n) is 9.09. The van der Waals surface area contributed by atoms with Gasteiger partial charge in [-0.1, -0.05) is 52.3 Å². The molecule has 2 rings (SSSR count). The summed E-state index contributed by atoms with van der Waals surface area (Å²) in [6, 6.07) is 10.3. The van der Waals surface area contributed by atoms with Gasteiger partial charge in [-0.15, -0.1) is 6.58 Å². The Morgan fingerprint density at radius 2 is 2.12 bits per heavy atom. The molecule has 1 aromatic carbocycles. The highest BCUT2D eigenvalue weighted by atomic mass is 79.9.